The highest BCUT2D eigenvalue weighted by molar-refractivity contribution is 6.11. The molecule has 0 radical (unpaired) electrons. The Hall–Kier alpha value is -3.91. The molecule has 1 amide bonds. The summed E-state index contributed by atoms with van der Waals surface area (Å²) in [6.45, 7) is 5.41. The van der Waals surface area contributed by atoms with Gasteiger partial charge in [0.1, 0.15) is 11.6 Å². The topological polar surface area (TPSA) is 74.2 Å². The fraction of sp³-hybridized carbons (Fsp3) is 0.286. The number of rotatable bonds is 5. The average Bonchev–Trinajstić information content (AvgIpc) is 2.89. The molecular weight excluding hydrogens is 455 g/mol. The Kier molecular flexibility index (Phi) is 6.61. The second kappa shape index (κ2) is 9.99. The molecule has 1 fully saturated rings. The van der Waals surface area contributed by atoms with Gasteiger partial charge in [0.15, 0.2) is 0 Å². The van der Waals surface area contributed by atoms with Crippen molar-refractivity contribution in [1.29, 1.82) is 0 Å². The predicted molar refractivity (Wildman–Crippen MR) is 140 cm³/mol. The van der Waals surface area contributed by atoms with E-state index in [4.69, 9.17) is 0 Å². The SMILES string of the molecule is Cc1ccnc(N(C)c2ccc(C(=O)N(c3nccc4cccc(C)c34)[C@@H]3CCCNC3)c(F)c2)n1. The minimum absolute atomic E-state index is 0.00951. The third-order valence-electron chi connectivity index (χ3n) is 6.72. The monoisotopic (exact) mass is 484 g/mol. The van der Waals surface area contributed by atoms with Crippen LogP contribution in [0.4, 0.5) is 21.8 Å². The second-order valence-corrected chi connectivity index (χ2v) is 9.20. The maximum absolute atomic E-state index is 15.5. The van der Waals surface area contributed by atoms with Gasteiger partial charge in [0.25, 0.3) is 5.91 Å². The van der Waals surface area contributed by atoms with Crippen molar-refractivity contribution in [2.24, 2.45) is 0 Å². The van der Waals surface area contributed by atoms with Crippen molar-refractivity contribution < 1.29 is 9.18 Å². The average molecular weight is 485 g/mol. The van der Waals surface area contributed by atoms with Crippen molar-refractivity contribution in [3.05, 3.63) is 83.6 Å². The molecule has 1 aliphatic heterocycles. The molecule has 2 aromatic heterocycles. The van der Waals surface area contributed by atoms with Gasteiger partial charge in [-0.15, -0.1) is 0 Å². The largest absolute Gasteiger partial charge is 0.315 e. The number of fused-ring (bicyclic) bond motifs is 1. The van der Waals surface area contributed by atoms with Crippen molar-refractivity contribution in [2.75, 3.05) is 29.9 Å². The van der Waals surface area contributed by atoms with Crippen molar-refractivity contribution in [3.63, 3.8) is 0 Å². The zero-order valence-corrected chi connectivity index (χ0v) is 20.7. The molecule has 0 bridgehead atoms. The summed E-state index contributed by atoms with van der Waals surface area (Å²) in [5.41, 5.74) is 2.40. The molecule has 2 aromatic carbocycles. The zero-order valence-electron chi connectivity index (χ0n) is 20.7. The molecule has 5 rings (SSSR count). The first kappa shape index (κ1) is 23.8. The molecule has 3 heterocycles. The smallest absolute Gasteiger partial charge is 0.262 e. The van der Waals surface area contributed by atoms with Gasteiger partial charge in [-0.1, -0.05) is 18.2 Å². The standard InChI is InChI=1S/C28H29FN6O/c1-18-6-4-7-20-12-15-31-26(25(18)20)35(22-8-5-13-30-17-22)27(36)23-10-9-21(16-24(23)29)34(3)28-32-14-11-19(2)33-28/h4,6-7,9-12,14-16,22,30H,5,8,13,17H2,1-3H3/t22-/m1/s1. The lowest BCUT2D eigenvalue weighted by atomic mass is 10.0. The summed E-state index contributed by atoms with van der Waals surface area (Å²) in [5.74, 6) is 0.0325. The summed E-state index contributed by atoms with van der Waals surface area (Å²) in [5, 5.41) is 5.29. The van der Waals surface area contributed by atoms with E-state index < -0.39 is 11.7 Å². The van der Waals surface area contributed by atoms with Gasteiger partial charge in [0.2, 0.25) is 5.95 Å². The van der Waals surface area contributed by atoms with Gasteiger partial charge < -0.3 is 10.2 Å². The van der Waals surface area contributed by atoms with Crippen LogP contribution in [0.15, 0.2) is 60.9 Å². The first-order valence-electron chi connectivity index (χ1n) is 12.2. The van der Waals surface area contributed by atoms with Crippen LogP contribution in [0, 0.1) is 19.7 Å². The molecule has 1 saturated heterocycles. The van der Waals surface area contributed by atoms with Crippen LogP contribution in [0.3, 0.4) is 0 Å². The normalized spacial score (nSPS) is 15.6. The number of carbonyl (C=O) groups excluding carboxylic acids is 1. The summed E-state index contributed by atoms with van der Waals surface area (Å²) < 4.78 is 15.5. The molecule has 4 aromatic rings. The van der Waals surface area contributed by atoms with Gasteiger partial charge in [-0.25, -0.2) is 19.3 Å². The van der Waals surface area contributed by atoms with E-state index in [-0.39, 0.29) is 11.6 Å². The van der Waals surface area contributed by atoms with E-state index in [9.17, 15) is 4.79 Å². The number of piperidine rings is 1. The maximum Gasteiger partial charge on any atom is 0.262 e. The molecule has 184 valence electrons. The van der Waals surface area contributed by atoms with Crippen molar-refractivity contribution >= 4 is 34.1 Å². The fourth-order valence-corrected chi connectivity index (χ4v) is 4.79. The number of hydrogen-bond donors (Lipinski definition) is 1. The van der Waals surface area contributed by atoms with Crippen LogP contribution in [0.2, 0.25) is 0 Å². The van der Waals surface area contributed by atoms with E-state index in [1.165, 1.54) is 6.07 Å². The highest BCUT2D eigenvalue weighted by atomic mass is 19.1. The number of nitrogens with one attached hydrogen (secondary N) is 1. The summed E-state index contributed by atoms with van der Waals surface area (Å²) in [6.07, 6.45) is 5.12. The molecule has 0 spiro atoms. The summed E-state index contributed by atoms with van der Waals surface area (Å²) in [6, 6.07) is 14.2. The van der Waals surface area contributed by atoms with Crippen LogP contribution >= 0.6 is 0 Å². The lowest BCUT2D eigenvalue weighted by Gasteiger charge is -2.35. The number of aromatic nitrogens is 3. The highest BCUT2D eigenvalue weighted by Gasteiger charge is 2.32. The van der Waals surface area contributed by atoms with Crippen LogP contribution in [0.25, 0.3) is 10.8 Å². The Labute approximate surface area is 210 Å². The van der Waals surface area contributed by atoms with Crippen molar-refractivity contribution in [3.8, 4) is 0 Å². The third-order valence-corrected chi connectivity index (χ3v) is 6.72. The van der Waals surface area contributed by atoms with Crippen LogP contribution in [0.1, 0.15) is 34.5 Å². The Morgan fingerprint density at radius 1 is 1.08 bits per heavy atom. The molecule has 0 aliphatic carbocycles. The predicted octanol–water partition coefficient (Wildman–Crippen LogP) is 4.95. The molecule has 7 nitrogen and oxygen atoms in total. The minimum atomic E-state index is -0.595. The lowest BCUT2D eigenvalue weighted by Crippen LogP contribution is -2.49. The van der Waals surface area contributed by atoms with E-state index in [0.29, 0.717) is 24.0 Å². The second-order valence-electron chi connectivity index (χ2n) is 9.20. The Morgan fingerprint density at radius 2 is 1.92 bits per heavy atom. The number of benzene rings is 2. The van der Waals surface area contributed by atoms with Crippen LogP contribution in [0.5, 0.6) is 0 Å². The van der Waals surface area contributed by atoms with Gasteiger partial charge >= 0.3 is 0 Å². The van der Waals surface area contributed by atoms with Crippen LogP contribution in [-0.2, 0) is 0 Å². The number of pyridine rings is 1. The number of halogens is 1. The van der Waals surface area contributed by atoms with E-state index in [2.05, 4.69) is 20.3 Å². The quantitative estimate of drug-likeness (QED) is 0.432. The number of nitrogens with zero attached hydrogens (tertiary/aromatic N) is 5. The van der Waals surface area contributed by atoms with E-state index in [1.54, 1.807) is 47.4 Å². The van der Waals surface area contributed by atoms with Crippen LogP contribution in [-0.4, -0.2) is 47.0 Å². The van der Waals surface area contributed by atoms with Gasteiger partial charge in [-0.3, -0.25) is 9.69 Å². The molecule has 1 atom stereocenters. The minimum Gasteiger partial charge on any atom is -0.315 e. The maximum atomic E-state index is 15.5. The molecule has 36 heavy (non-hydrogen) atoms. The number of anilines is 3. The van der Waals surface area contributed by atoms with Gasteiger partial charge in [0.05, 0.1) is 11.6 Å². The van der Waals surface area contributed by atoms with Crippen molar-refractivity contribution in [1.82, 2.24) is 20.3 Å². The Bertz CT molecular complexity index is 1410. The van der Waals surface area contributed by atoms with Crippen molar-refractivity contribution in [2.45, 2.75) is 32.7 Å². The zero-order chi connectivity index (χ0) is 25.2. The third kappa shape index (κ3) is 4.52. The van der Waals surface area contributed by atoms with Gasteiger partial charge in [-0.2, -0.15) is 0 Å². The Morgan fingerprint density at radius 3 is 2.67 bits per heavy atom. The molecule has 0 unspecified atom stereocenters. The highest BCUT2D eigenvalue weighted by Crippen LogP contribution is 2.32. The summed E-state index contributed by atoms with van der Waals surface area (Å²) in [7, 11) is 1.77. The molecule has 0 saturated carbocycles. The first-order chi connectivity index (χ1) is 17.4. The summed E-state index contributed by atoms with van der Waals surface area (Å²) in [4.78, 5) is 30.7. The van der Waals surface area contributed by atoms with Gasteiger partial charge in [0, 0.05) is 42.8 Å². The molecular formula is C28H29FN6O. The number of aryl methyl sites for hydroxylation is 2. The number of amides is 1. The van der Waals surface area contributed by atoms with E-state index in [1.807, 2.05) is 38.1 Å². The summed E-state index contributed by atoms with van der Waals surface area (Å²) >= 11 is 0. The molecule has 1 N–H and O–H groups in total. The lowest BCUT2D eigenvalue weighted by molar-refractivity contribution is 0.0968. The Balaban J connectivity index is 1.56. The van der Waals surface area contributed by atoms with E-state index >= 15 is 4.39 Å². The molecule has 1 aliphatic rings. The first-order valence-corrected chi connectivity index (χ1v) is 12.2. The van der Waals surface area contributed by atoms with E-state index in [0.717, 1.165) is 41.4 Å². The number of carbonyl (C=O) groups is 1. The van der Waals surface area contributed by atoms with Crippen LogP contribution < -0.4 is 15.1 Å². The molecule has 8 heteroatoms. The fourth-order valence-electron chi connectivity index (χ4n) is 4.79. The van der Waals surface area contributed by atoms with Gasteiger partial charge in [-0.05, 0) is 74.5 Å². The number of hydrogen-bond acceptors (Lipinski definition) is 6.